The lowest BCUT2D eigenvalue weighted by atomic mass is 9.87. The van der Waals surface area contributed by atoms with Gasteiger partial charge in [0.2, 0.25) is 0 Å². The highest BCUT2D eigenvalue weighted by molar-refractivity contribution is 5.79. The summed E-state index contributed by atoms with van der Waals surface area (Å²) in [7, 11) is 0. The van der Waals surface area contributed by atoms with Crippen molar-refractivity contribution in [1.82, 2.24) is 0 Å². The van der Waals surface area contributed by atoms with Crippen LogP contribution >= 0.6 is 0 Å². The Labute approximate surface area is 131 Å². The van der Waals surface area contributed by atoms with Crippen LogP contribution in [-0.2, 0) is 9.53 Å². The molecule has 0 saturated heterocycles. The zero-order valence-corrected chi connectivity index (χ0v) is 13.5. The topological polar surface area (TPSA) is 26.3 Å². The number of halogens is 2. The smallest absolute Gasteiger partial charge is 0.377 e. The number of carbonyl (C=O) groups is 1. The molecule has 0 spiro atoms. The van der Waals surface area contributed by atoms with Gasteiger partial charge in [-0.15, -0.1) is 0 Å². The second kappa shape index (κ2) is 9.54. The van der Waals surface area contributed by atoms with Gasteiger partial charge in [0.15, 0.2) is 0 Å². The van der Waals surface area contributed by atoms with Crippen LogP contribution in [0.2, 0.25) is 0 Å². The molecular weight excluding hydrogens is 286 g/mol. The first-order valence-electron chi connectivity index (χ1n) is 8.14. The van der Waals surface area contributed by atoms with Crippen LogP contribution in [0.1, 0.15) is 63.9 Å². The van der Waals surface area contributed by atoms with Gasteiger partial charge in [0.25, 0.3) is 0 Å². The summed E-state index contributed by atoms with van der Waals surface area (Å²) >= 11 is 0. The fourth-order valence-corrected chi connectivity index (χ4v) is 2.56. The van der Waals surface area contributed by atoms with Crippen molar-refractivity contribution >= 4 is 5.97 Å². The van der Waals surface area contributed by atoms with E-state index in [2.05, 4.69) is 11.7 Å². The summed E-state index contributed by atoms with van der Waals surface area (Å²) in [5.74, 6) is -6.02. The maximum atomic E-state index is 14.5. The van der Waals surface area contributed by atoms with Gasteiger partial charge in [0, 0.05) is 0 Å². The third-order valence-electron chi connectivity index (χ3n) is 3.78. The van der Waals surface area contributed by atoms with Crippen LogP contribution in [0.3, 0.4) is 0 Å². The summed E-state index contributed by atoms with van der Waals surface area (Å²) in [6.07, 6.45) is 5.17. The van der Waals surface area contributed by atoms with Gasteiger partial charge in [-0.2, -0.15) is 8.78 Å². The summed E-state index contributed by atoms with van der Waals surface area (Å²) in [5, 5.41) is 0. The van der Waals surface area contributed by atoms with Crippen molar-refractivity contribution in [3.8, 4) is 0 Å². The molecule has 22 heavy (non-hydrogen) atoms. The van der Waals surface area contributed by atoms with E-state index in [0.717, 1.165) is 25.7 Å². The van der Waals surface area contributed by atoms with Crippen LogP contribution in [0.15, 0.2) is 30.3 Å². The normalized spacial score (nSPS) is 12.9. The van der Waals surface area contributed by atoms with Crippen molar-refractivity contribution < 1.29 is 18.3 Å². The molecule has 0 aliphatic rings. The van der Waals surface area contributed by atoms with Crippen molar-refractivity contribution in [3.63, 3.8) is 0 Å². The molecule has 1 aromatic rings. The van der Waals surface area contributed by atoms with Gasteiger partial charge in [0.05, 0.1) is 12.5 Å². The number of rotatable bonds is 10. The molecule has 0 aromatic heterocycles. The zero-order chi connectivity index (χ0) is 16.4. The molecule has 0 heterocycles. The van der Waals surface area contributed by atoms with Gasteiger partial charge in [-0.05, 0) is 18.9 Å². The Kier molecular flexibility index (Phi) is 8.07. The summed E-state index contributed by atoms with van der Waals surface area (Å²) < 4.78 is 33.5. The lowest BCUT2D eigenvalue weighted by Crippen LogP contribution is -2.37. The summed E-state index contributed by atoms with van der Waals surface area (Å²) in [5.41, 5.74) is 0.496. The Bertz CT molecular complexity index is 432. The molecule has 0 aliphatic heterocycles. The summed E-state index contributed by atoms with van der Waals surface area (Å²) in [6.45, 7) is 3.62. The Hall–Kier alpha value is -1.45. The van der Waals surface area contributed by atoms with Crippen LogP contribution in [0.5, 0.6) is 0 Å². The predicted octanol–water partition coefficient (Wildman–Crippen LogP) is 5.33. The number of unbranched alkanes of at least 4 members (excludes halogenated alkanes) is 4. The fraction of sp³-hybridized carbons (Fsp3) is 0.611. The van der Waals surface area contributed by atoms with Crippen molar-refractivity contribution in [2.24, 2.45) is 0 Å². The lowest BCUT2D eigenvalue weighted by molar-refractivity contribution is -0.175. The first-order valence-corrected chi connectivity index (χ1v) is 8.14. The molecule has 0 radical (unpaired) electrons. The number of carbonyl (C=O) groups excluding carboxylic acids is 1. The van der Waals surface area contributed by atoms with E-state index in [9.17, 15) is 13.6 Å². The van der Waals surface area contributed by atoms with Gasteiger partial charge in [-0.1, -0.05) is 69.4 Å². The van der Waals surface area contributed by atoms with Gasteiger partial charge >= 0.3 is 11.9 Å². The number of hydrogen-bond acceptors (Lipinski definition) is 2. The third kappa shape index (κ3) is 5.39. The van der Waals surface area contributed by atoms with Gasteiger partial charge < -0.3 is 4.74 Å². The number of alkyl halides is 2. The molecule has 1 atom stereocenters. The van der Waals surface area contributed by atoms with Gasteiger partial charge in [-0.25, -0.2) is 4.79 Å². The molecule has 0 saturated carbocycles. The molecule has 1 rings (SSSR count). The molecule has 0 bridgehead atoms. The molecular formula is C18H26F2O2. The van der Waals surface area contributed by atoms with Crippen LogP contribution in [0, 0.1) is 0 Å². The highest BCUT2D eigenvalue weighted by atomic mass is 19.3. The van der Waals surface area contributed by atoms with Crippen LogP contribution in [0.25, 0.3) is 0 Å². The maximum absolute atomic E-state index is 14.5. The van der Waals surface area contributed by atoms with E-state index in [1.54, 1.807) is 30.3 Å². The number of ether oxygens (including phenoxy) is 1. The summed E-state index contributed by atoms with van der Waals surface area (Å²) in [6, 6.07) is 8.54. The quantitative estimate of drug-likeness (QED) is 0.431. The van der Waals surface area contributed by atoms with E-state index in [0.29, 0.717) is 18.4 Å². The lowest BCUT2D eigenvalue weighted by Gasteiger charge is -2.25. The number of hydrogen-bond donors (Lipinski definition) is 0. The Morgan fingerprint density at radius 2 is 1.73 bits per heavy atom. The average molecular weight is 312 g/mol. The second-order valence-corrected chi connectivity index (χ2v) is 5.51. The van der Waals surface area contributed by atoms with Gasteiger partial charge in [-0.3, -0.25) is 0 Å². The minimum atomic E-state index is -3.48. The van der Waals surface area contributed by atoms with Crippen LogP contribution in [0.4, 0.5) is 8.78 Å². The first kappa shape index (κ1) is 18.6. The van der Waals surface area contributed by atoms with Crippen molar-refractivity contribution in [3.05, 3.63) is 35.9 Å². The molecule has 4 heteroatoms. The molecule has 0 fully saturated rings. The average Bonchev–Trinajstić information content (AvgIpc) is 2.51. The van der Waals surface area contributed by atoms with Crippen molar-refractivity contribution in [2.45, 2.75) is 64.2 Å². The van der Waals surface area contributed by atoms with E-state index in [4.69, 9.17) is 0 Å². The van der Waals surface area contributed by atoms with Gasteiger partial charge in [0.1, 0.15) is 0 Å². The molecule has 1 unspecified atom stereocenters. The van der Waals surface area contributed by atoms with E-state index in [1.165, 1.54) is 6.92 Å². The van der Waals surface area contributed by atoms with Crippen molar-refractivity contribution in [2.75, 3.05) is 6.61 Å². The first-order chi connectivity index (χ1) is 10.5. The Balaban J connectivity index is 2.80. The van der Waals surface area contributed by atoms with E-state index in [1.807, 2.05) is 0 Å². The predicted molar refractivity (Wildman–Crippen MR) is 84.1 cm³/mol. The highest BCUT2D eigenvalue weighted by Gasteiger charge is 2.48. The molecule has 124 valence electrons. The van der Waals surface area contributed by atoms with Crippen LogP contribution in [-0.4, -0.2) is 18.5 Å². The highest BCUT2D eigenvalue weighted by Crippen LogP contribution is 2.38. The van der Waals surface area contributed by atoms with E-state index >= 15 is 0 Å². The maximum Gasteiger partial charge on any atom is 0.377 e. The SMILES string of the molecule is CCCCCCCC(c1ccccc1)C(F)(F)C(=O)OCC. The molecule has 0 N–H and O–H groups in total. The minimum absolute atomic E-state index is 0.0353. The Morgan fingerprint density at radius 3 is 2.32 bits per heavy atom. The van der Waals surface area contributed by atoms with Crippen molar-refractivity contribution in [1.29, 1.82) is 0 Å². The minimum Gasteiger partial charge on any atom is -0.462 e. The third-order valence-corrected chi connectivity index (χ3v) is 3.78. The van der Waals surface area contributed by atoms with E-state index < -0.39 is 17.8 Å². The zero-order valence-electron chi connectivity index (χ0n) is 13.5. The standard InChI is InChI=1S/C18H26F2O2/c1-3-5-6-7-11-14-16(15-12-9-8-10-13-15)18(19,20)17(21)22-4-2/h8-10,12-13,16H,3-7,11,14H2,1-2H3. The number of benzene rings is 1. The molecule has 1 aromatic carbocycles. The van der Waals surface area contributed by atoms with Crippen LogP contribution < -0.4 is 0 Å². The fourth-order valence-electron chi connectivity index (χ4n) is 2.56. The molecule has 2 nitrogen and oxygen atoms in total. The second-order valence-electron chi connectivity index (χ2n) is 5.51. The van der Waals surface area contributed by atoms with E-state index in [-0.39, 0.29) is 6.61 Å². The Morgan fingerprint density at radius 1 is 1.09 bits per heavy atom. The largest absolute Gasteiger partial charge is 0.462 e. The number of esters is 1. The summed E-state index contributed by atoms with van der Waals surface area (Å²) in [4.78, 5) is 11.6. The molecule has 0 amide bonds. The monoisotopic (exact) mass is 312 g/mol. The molecule has 0 aliphatic carbocycles.